The van der Waals surface area contributed by atoms with E-state index in [9.17, 15) is 31.7 Å². The molecule has 2 aromatic rings. The molecule has 0 bridgehead atoms. The van der Waals surface area contributed by atoms with Crippen molar-refractivity contribution in [2.45, 2.75) is 12.4 Å². The first-order valence-corrected chi connectivity index (χ1v) is 7.21. The highest BCUT2D eigenvalue weighted by Gasteiger charge is 2.48. The van der Waals surface area contributed by atoms with E-state index in [1.165, 1.54) is 17.1 Å². The van der Waals surface area contributed by atoms with Crippen molar-refractivity contribution in [1.29, 1.82) is 0 Å². The second-order valence-electron chi connectivity index (χ2n) is 4.35. The minimum absolute atomic E-state index is 0.0205. The molecule has 0 spiro atoms. The van der Waals surface area contributed by atoms with Crippen LogP contribution >= 0.6 is 0 Å². The largest absolute Gasteiger partial charge is 0.534 e. The molecule has 1 aromatic carbocycles. The molecule has 23 heavy (non-hydrogen) atoms. The molecule has 0 aliphatic rings. The van der Waals surface area contributed by atoms with E-state index in [4.69, 9.17) is 0 Å². The third-order valence-electron chi connectivity index (χ3n) is 2.59. The number of nitro groups is 1. The van der Waals surface area contributed by atoms with Crippen LogP contribution in [0.15, 0.2) is 30.7 Å². The number of hydrogen-bond acceptors (Lipinski definition) is 6. The zero-order valence-corrected chi connectivity index (χ0v) is 12.1. The summed E-state index contributed by atoms with van der Waals surface area (Å²) >= 11 is 0. The molecular formula is C11H8F3N3O5S. The molecule has 0 saturated carbocycles. The molecule has 0 aliphatic heterocycles. The second kappa shape index (κ2) is 5.53. The summed E-state index contributed by atoms with van der Waals surface area (Å²) in [4.78, 5) is 13.8. The zero-order chi connectivity index (χ0) is 17.4. The van der Waals surface area contributed by atoms with Gasteiger partial charge in [0.15, 0.2) is 5.75 Å². The van der Waals surface area contributed by atoms with Gasteiger partial charge in [0, 0.05) is 18.3 Å². The summed E-state index contributed by atoms with van der Waals surface area (Å²) in [6.45, 7) is 1.62. The SMILES string of the molecule is Cc1cn(-c2cc(OS(=O)(=O)C(F)(F)F)cc([N+](=O)[O-])c2)cn1. The van der Waals surface area contributed by atoms with Crippen molar-refractivity contribution in [2.75, 3.05) is 0 Å². The van der Waals surface area contributed by atoms with E-state index < -0.39 is 32.0 Å². The summed E-state index contributed by atoms with van der Waals surface area (Å²) < 4.78 is 64.3. The van der Waals surface area contributed by atoms with Gasteiger partial charge in [-0.2, -0.15) is 21.6 Å². The first-order valence-electron chi connectivity index (χ1n) is 5.81. The Kier molecular flexibility index (Phi) is 4.03. The normalized spacial score (nSPS) is 12.2. The van der Waals surface area contributed by atoms with Gasteiger partial charge in [-0.3, -0.25) is 10.1 Å². The summed E-state index contributed by atoms with van der Waals surface area (Å²) in [5, 5.41) is 10.9. The van der Waals surface area contributed by atoms with Gasteiger partial charge in [0.2, 0.25) is 0 Å². The lowest BCUT2D eigenvalue weighted by Gasteiger charge is -2.10. The minimum Gasteiger partial charge on any atom is -0.376 e. The van der Waals surface area contributed by atoms with Crippen LogP contribution in [-0.4, -0.2) is 28.4 Å². The number of halogens is 3. The number of non-ortho nitro benzene ring substituents is 1. The fourth-order valence-corrected chi connectivity index (χ4v) is 2.05. The molecule has 1 heterocycles. The predicted octanol–water partition coefficient (Wildman–Crippen LogP) is 2.32. The molecule has 0 aliphatic carbocycles. The van der Waals surface area contributed by atoms with Crippen molar-refractivity contribution in [1.82, 2.24) is 9.55 Å². The molecule has 12 heteroatoms. The van der Waals surface area contributed by atoms with Crippen molar-refractivity contribution in [3.8, 4) is 11.4 Å². The number of rotatable bonds is 4. The van der Waals surface area contributed by atoms with Crippen molar-refractivity contribution in [3.63, 3.8) is 0 Å². The lowest BCUT2D eigenvalue weighted by Crippen LogP contribution is -2.28. The minimum atomic E-state index is -5.93. The van der Waals surface area contributed by atoms with Gasteiger partial charge in [0.05, 0.1) is 28.7 Å². The lowest BCUT2D eigenvalue weighted by molar-refractivity contribution is -0.384. The van der Waals surface area contributed by atoms with Crippen molar-refractivity contribution < 1.29 is 30.7 Å². The molecule has 0 radical (unpaired) electrons. The monoisotopic (exact) mass is 351 g/mol. The van der Waals surface area contributed by atoms with Crippen molar-refractivity contribution in [3.05, 3.63) is 46.5 Å². The number of aryl methyl sites for hydroxylation is 1. The number of benzene rings is 1. The van der Waals surface area contributed by atoms with Crippen LogP contribution < -0.4 is 4.18 Å². The maximum absolute atomic E-state index is 12.3. The number of nitro benzene ring substituents is 1. The van der Waals surface area contributed by atoms with Crippen LogP contribution in [0.25, 0.3) is 5.69 Å². The van der Waals surface area contributed by atoms with Gasteiger partial charge in [-0.15, -0.1) is 0 Å². The first-order chi connectivity index (χ1) is 10.5. The lowest BCUT2D eigenvalue weighted by atomic mass is 10.2. The third kappa shape index (κ3) is 3.59. The fourth-order valence-electron chi connectivity index (χ4n) is 1.61. The van der Waals surface area contributed by atoms with Crippen LogP contribution in [0.1, 0.15) is 5.69 Å². The van der Waals surface area contributed by atoms with Crippen LogP contribution in [0.2, 0.25) is 0 Å². The Morgan fingerprint density at radius 3 is 2.43 bits per heavy atom. The Bertz CT molecular complexity index is 860. The number of hydrogen-bond donors (Lipinski definition) is 0. The molecule has 0 unspecified atom stereocenters. The number of imidazole rings is 1. The average Bonchev–Trinajstić information content (AvgIpc) is 2.83. The van der Waals surface area contributed by atoms with E-state index in [0.717, 1.165) is 12.1 Å². The zero-order valence-electron chi connectivity index (χ0n) is 11.3. The van der Waals surface area contributed by atoms with Gasteiger partial charge in [-0.05, 0) is 6.92 Å². The topological polar surface area (TPSA) is 104 Å². The van der Waals surface area contributed by atoms with E-state index in [2.05, 4.69) is 9.17 Å². The Labute approximate surface area is 127 Å². The molecule has 0 N–H and O–H groups in total. The van der Waals surface area contributed by atoms with Gasteiger partial charge in [0.1, 0.15) is 0 Å². The summed E-state index contributed by atoms with van der Waals surface area (Å²) in [7, 11) is -5.93. The Morgan fingerprint density at radius 1 is 1.30 bits per heavy atom. The summed E-state index contributed by atoms with van der Waals surface area (Å²) in [5.41, 5.74) is -5.72. The van der Waals surface area contributed by atoms with E-state index in [0.29, 0.717) is 11.8 Å². The van der Waals surface area contributed by atoms with Crippen LogP contribution in [-0.2, 0) is 10.1 Å². The van der Waals surface area contributed by atoms with Gasteiger partial charge < -0.3 is 8.75 Å². The predicted molar refractivity (Wildman–Crippen MR) is 70.6 cm³/mol. The average molecular weight is 351 g/mol. The van der Waals surface area contributed by atoms with Gasteiger partial charge in [0.25, 0.3) is 5.69 Å². The smallest absolute Gasteiger partial charge is 0.376 e. The molecule has 0 fully saturated rings. The van der Waals surface area contributed by atoms with E-state index in [-0.39, 0.29) is 5.69 Å². The molecule has 0 atom stereocenters. The standard InChI is InChI=1S/C11H8F3N3O5S/c1-7-5-16(6-15-7)8-2-9(17(18)19)4-10(3-8)22-23(20,21)11(12,13)14/h2-6H,1H3. The molecule has 124 valence electrons. The van der Waals surface area contributed by atoms with Crippen LogP contribution in [0.5, 0.6) is 5.75 Å². The molecular weight excluding hydrogens is 343 g/mol. The van der Waals surface area contributed by atoms with E-state index in [1.807, 2.05) is 0 Å². The first kappa shape index (κ1) is 16.7. The Hall–Kier alpha value is -2.63. The van der Waals surface area contributed by atoms with Crippen LogP contribution in [0, 0.1) is 17.0 Å². The van der Waals surface area contributed by atoms with Crippen LogP contribution in [0.4, 0.5) is 18.9 Å². The van der Waals surface area contributed by atoms with Crippen LogP contribution in [0.3, 0.4) is 0 Å². The highest BCUT2D eigenvalue weighted by Crippen LogP contribution is 2.31. The summed E-state index contributed by atoms with van der Waals surface area (Å²) in [6.07, 6.45) is 2.71. The summed E-state index contributed by atoms with van der Waals surface area (Å²) in [5.74, 6) is -0.835. The summed E-state index contributed by atoms with van der Waals surface area (Å²) in [6, 6.07) is 2.53. The third-order valence-corrected chi connectivity index (χ3v) is 3.56. The quantitative estimate of drug-likeness (QED) is 0.362. The van der Waals surface area contributed by atoms with Crippen molar-refractivity contribution >= 4 is 15.8 Å². The molecule has 2 rings (SSSR count). The molecule has 8 nitrogen and oxygen atoms in total. The molecule has 0 saturated heterocycles. The molecule has 1 aromatic heterocycles. The van der Waals surface area contributed by atoms with Gasteiger partial charge in [-0.25, -0.2) is 4.98 Å². The van der Waals surface area contributed by atoms with E-state index in [1.54, 1.807) is 6.92 Å². The van der Waals surface area contributed by atoms with E-state index >= 15 is 0 Å². The number of nitrogens with zero attached hydrogens (tertiary/aromatic N) is 3. The molecule has 0 amide bonds. The van der Waals surface area contributed by atoms with Gasteiger partial charge >= 0.3 is 15.6 Å². The highest BCUT2D eigenvalue weighted by atomic mass is 32.2. The Morgan fingerprint density at radius 2 is 1.96 bits per heavy atom. The maximum atomic E-state index is 12.3. The number of aromatic nitrogens is 2. The number of alkyl halides is 3. The van der Waals surface area contributed by atoms with Crippen molar-refractivity contribution in [2.24, 2.45) is 0 Å². The van der Waals surface area contributed by atoms with Gasteiger partial charge in [-0.1, -0.05) is 0 Å². The highest BCUT2D eigenvalue weighted by molar-refractivity contribution is 7.88. The fraction of sp³-hybridized carbons (Fsp3) is 0.182. The maximum Gasteiger partial charge on any atom is 0.534 e. The second-order valence-corrected chi connectivity index (χ2v) is 5.89. The Balaban J connectivity index is 2.52.